The van der Waals surface area contributed by atoms with Crippen LogP contribution in [0.1, 0.15) is 11.3 Å². The standard InChI is InChI=1S/C21H19ClN4O/c22-18-8-4-7-17(13-18)20-24-19(14-23)21(27-20)26-11-9-25(10-12-26)15-16-5-2-1-3-6-16/h1-8,13H,9-12,15H2/p+1. The van der Waals surface area contributed by atoms with Crippen LogP contribution in [0.2, 0.25) is 5.02 Å². The average molecular weight is 380 g/mol. The summed E-state index contributed by atoms with van der Waals surface area (Å²) in [4.78, 5) is 8.02. The number of piperazine rings is 1. The Labute approximate surface area is 163 Å². The largest absolute Gasteiger partial charge is 0.419 e. The van der Waals surface area contributed by atoms with Gasteiger partial charge in [0.25, 0.3) is 0 Å². The molecule has 0 bridgehead atoms. The number of anilines is 1. The zero-order valence-corrected chi connectivity index (χ0v) is 15.6. The summed E-state index contributed by atoms with van der Waals surface area (Å²) in [6.45, 7) is 4.67. The fraction of sp³-hybridized carbons (Fsp3) is 0.238. The number of rotatable bonds is 4. The van der Waals surface area contributed by atoms with Crippen molar-refractivity contribution in [3.05, 3.63) is 70.9 Å². The molecule has 0 unspecified atom stereocenters. The molecule has 0 atom stereocenters. The van der Waals surface area contributed by atoms with Gasteiger partial charge in [-0.3, -0.25) is 0 Å². The molecule has 1 N–H and O–H groups in total. The molecule has 1 fully saturated rings. The lowest BCUT2D eigenvalue weighted by Gasteiger charge is -2.31. The molecule has 136 valence electrons. The minimum atomic E-state index is 0.330. The molecule has 0 saturated carbocycles. The quantitative estimate of drug-likeness (QED) is 0.757. The predicted octanol–water partition coefficient (Wildman–Crippen LogP) is 2.77. The number of benzene rings is 2. The second-order valence-corrected chi connectivity index (χ2v) is 7.13. The van der Waals surface area contributed by atoms with E-state index in [1.165, 1.54) is 10.5 Å². The summed E-state index contributed by atoms with van der Waals surface area (Å²) in [5.74, 6) is 0.995. The molecule has 2 heterocycles. The third-order valence-corrected chi connectivity index (χ3v) is 5.08. The normalized spacial score (nSPS) is 14.9. The van der Waals surface area contributed by atoms with E-state index in [0.29, 0.717) is 22.5 Å². The van der Waals surface area contributed by atoms with Crippen LogP contribution in [0.4, 0.5) is 5.88 Å². The predicted molar refractivity (Wildman–Crippen MR) is 105 cm³/mol. The van der Waals surface area contributed by atoms with Gasteiger partial charge in [0.05, 0.1) is 26.2 Å². The molecule has 4 rings (SSSR count). The van der Waals surface area contributed by atoms with Gasteiger partial charge in [0, 0.05) is 16.1 Å². The second-order valence-electron chi connectivity index (χ2n) is 6.69. The van der Waals surface area contributed by atoms with Crippen LogP contribution in [-0.2, 0) is 6.54 Å². The Morgan fingerprint density at radius 2 is 1.89 bits per heavy atom. The van der Waals surface area contributed by atoms with Gasteiger partial charge in [-0.1, -0.05) is 48.0 Å². The lowest BCUT2D eigenvalue weighted by Crippen LogP contribution is -3.13. The molecule has 0 amide bonds. The number of aromatic nitrogens is 1. The van der Waals surface area contributed by atoms with E-state index in [-0.39, 0.29) is 0 Å². The van der Waals surface area contributed by atoms with Crippen molar-refractivity contribution in [2.75, 3.05) is 31.1 Å². The van der Waals surface area contributed by atoms with E-state index < -0.39 is 0 Å². The zero-order valence-electron chi connectivity index (χ0n) is 14.9. The van der Waals surface area contributed by atoms with Crippen LogP contribution in [0, 0.1) is 11.3 Å². The summed E-state index contributed by atoms with van der Waals surface area (Å²) >= 11 is 6.06. The lowest BCUT2D eigenvalue weighted by atomic mass is 10.2. The highest BCUT2D eigenvalue weighted by atomic mass is 35.5. The third kappa shape index (κ3) is 3.97. The van der Waals surface area contributed by atoms with E-state index in [0.717, 1.165) is 38.3 Å². The summed E-state index contributed by atoms with van der Waals surface area (Å²) in [6, 6.07) is 20.0. The molecule has 2 aromatic carbocycles. The van der Waals surface area contributed by atoms with Crippen LogP contribution >= 0.6 is 11.6 Å². The van der Waals surface area contributed by atoms with Crippen LogP contribution in [0.15, 0.2) is 59.0 Å². The van der Waals surface area contributed by atoms with Crippen LogP contribution < -0.4 is 9.80 Å². The molecule has 1 aliphatic rings. The number of hydrogen-bond donors (Lipinski definition) is 1. The van der Waals surface area contributed by atoms with Crippen LogP contribution in [0.25, 0.3) is 11.5 Å². The van der Waals surface area contributed by atoms with Crippen LogP contribution in [0.5, 0.6) is 0 Å². The zero-order chi connectivity index (χ0) is 18.6. The topological polar surface area (TPSA) is 57.5 Å². The molecular formula is C21H20ClN4O+. The molecule has 0 radical (unpaired) electrons. The first kappa shape index (κ1) is 17.6. The number of nitrogens with zero attached hydrogens (tertiary/aromatic N) is 3. The van der Waals surface area contributed by atoms with Gasteiger partial charge in [-0.05, 0) is 18.2 Å². The van der Waals surface area contributed by atoms with Gasteiger partial charge >= 0.3 is 0 Å². The monoisotopic (exact) mass is 379 g/mol. The molecule has 0 spiro atoms. The Kier molecular flexibility index (Phi) is 5.10. The number of halogens is 1. The summed E-state index contributed by atoms with van der Waals surface area (Å²) in [5.41, 5.74) is 2.46. The van der Waals surface area contributed by atoms with E-state index in [2.05, 4.69) is 40.2 Å². The molecule has 3 aromatic rings. The molecule has 1 aromatic heterocycles. The van der Waals surface area contributed by atoms with Crippen molar-refractivity contribution in [2.24, 2.45) is 0 Å². The van der Waals surface area contributed by atoms with Gasteiger partial charge in [0.15, 0.2) is 0 Å². The Hall–Kier alpha value is -2.81. The van der Waals surface area contributed by atoms with Gasteiger partial charge in [0.2, 0.25) is 17.5 Å². The van der Waals surface area contributed by atoms with Crippen molar-refractivity contribution < 1.29 is 9.32 Å². The highest BCUT2D eigenvalue weighted by molar-refractivity contribution is 6.30. The van der Waals surface area contributed by atoms with Crippen molar-refractivity contribution in [1.29, 1.82) is 5.26 Å². The number of quaternary nitrogens is 1. The summed E-state index contributed by atoms with van der Waals surface area (Å²) in [5, 5.41) is 10.1. The first-order valence-corrected chi connectivity index (χ1v) is 9.40. The van der Waals surface area contributed by atoms with Crippen molar-refractivity contribution in [2.45, 2.75) is 6.54 Å². The first-order chi connectivity index (χ1) is 13.2. The molecular weight excluding hydrogens is 360 g/mol. The number of oxazole rings is 1. The fourth-order valence-electron chi connectivity index (χ4n) is 3.43. The van der Waals surface area contributed by atoms with E-state index >= 15 is 0 Å². The Bertz CT molecular complexity index is 956. The van der Waals surface area contributed by atoms with Gasteiger partial charge in [-0.15, -0.1) is 0 Å². The Morgan fingerprint density at radius 3 is 2.59 bits per heavy atom. The maximum atomic E-state index is 9.48. The van der Waals surface area contributed by atoms with Gasteiger partial charge in [-0.25, -0.2) is 0 Å². The van der Waals surface area contributed by atoms with Gasteiger partial charge in [0.1, 0.15) is 12.6 Å². The number of hydrogen-bond acceptors (Lipinski definition) is 4. The Balaban J connectivity index is 1.47. The molecule has 6 heteroatoms. The van der Waals surface area contributed by atoms with E-state index in [1.54, 1.807) is 12.1 Å². The van der Waals surface area contributed by atoms with E-state index in [1.807, 2.05) is 18.2 Å². The summed E-state index contributed by atoms with van der Waals surface area (Å²) in [7, 11) is 0. The van der Waals surface area contributed by atoms with Gasteiger partial charge in [-0.2, -0.15) is 10.2 Å². The maximum absolute atomic E-state index is 9.48. The molecule has 5 nitrogen and oxygen atoms in total. The molecule has 1 aliphatic heterocycles. The SMILES string of the molecule is N#Cc1nc(-c2cccc(Cl)c2)oc1N1CC[NH+](Cc2ccccc2)CC1. The Morgan fingerprint density at radius 1 is 1.11 bits per heavy atom. The molecule has 1 saturated heterocycles. The van der Waals surface area contributed by atoms with Gasteiger partial charge < -0.3 is 14.2 Å². The van der Waals surface area contributed by atoms with E-state index in [9.17, 15) is 5.26 Å². The van der Waals surface area contributed by atoms with Crippen molar-refractivity contribution in [3.63, 3.8) is 0 Å². The van der Waals surface area contributed by atoms with Crippen molar-refractivity contribution >= 4 is 17.5 Å². The van der Waals surface area contributed by atoms with Crippen molar-refractivity contribution in [3.8, 4) is 17.5 Å². The highest BCUT2D eigenvalue weighted by Crippen LogP contribution is 2.29. The molecule has 0 aliphatic carbocycles. The lowest BCUT2D eigenvalue weighted by molar-refractivity contribution is -0.914. The first-order valence-electron chi connectivity index (χ1n) is 9.02. The smallest absolute Gasteiger partial charge is 0.235 e. The van der Waals surface area contributed by atoms with Crippen LogP contribution in [-0.4, -0.2) is 31.2 Å². The number of nitrogens with one attached hydrogen (secondary N) is 1. The second kappa shape index (κ2) is 7.83. The minimum Gasteiger partial charge on any atom is -0.419 e. The number of nitriles is 1. The summed E-state index contributed by atoms with van der Waals surface area (Å²) < 4.78 is 5.96. The summed E-state index contributed by atoms with van der Waals surface area (Å²) in [6.07, 6.45) is 0. The van der Waals surface area contributed by atoms with E-state index in [4.69, 9.17) is 16.0 Å². The highest BCUT2D eigenvalue weighted by Gasteiger charge is 2.26. The van der Waals surface area contributed by atoms with Crippen LogP contribution in [0.3, 0.4) is 0 Å². The maximum Gasteiger partial charge on any atom is 0.235 e. The van der Waals surface area contributed by atoms with Crippen molar-refractivity contribution in [1.82, 2.24) is 4.98 Å². The fourth-order valence-corrected chi connectivity index (χ4v) is 3.62. The average Bonchev–Trinajstić information content (AvgIpc) is 3.14. The molecule has 27 heavy (non-hydrogen) atoms. The third-order valence-electron chi connectivity index (χ3n) is 4.84. The minimum absolute atomic E-state index is 0.330.